The Kier molecular flexibility index (Phi) is 17.8. The Balaban J connectivity index is 2.98. The van der Waals surface area contributed by atoms with Crippen molar-refractivity contribution in [1.29, 1.82) is 0 Å². The summed E-state index contributed by atoms with van der Waals surface area (Å²) in [5.74, 6) is -0.663. The SMILES string of the molecule is O=C(O)CCCCCCCCCCCCCCCC[SiH](Cl)Cl. The first-order valence-corrected chi connectivity index (χ1v) is 13.4. The Hall–Kier alpha value is 0.267. The van der Waals surface area contributed by atoms with E-state index >= 15 is 0 Å². The maximum Gasteiger partial charge on any atom is 0.303 e. The van der Waals surface area contributed by atoms with E-state index in [2.05, 4.69) is 0 Å². The molecule has 0 heterocycles. The predicted molar refractivity (Wildman–Crippen MR) is 101 cm³/mol. The van der Waals surface area contributed by atoms with Crippen LogP contribution >= 0.6 is 22.2 Å². The third-order valence-electron chi connectivity index (χ3n) is 4.06. The van der Waals surface area contributed by atoms with Crippen LogP contribution in [-0.2, 0) is 4.79 Å². The van der Waals surface area contributed by atoms with Crippen LogP contribution in [-0.4, -0.2) is 18.5 Å². The van der Waals surface area contributed by atoms with Crippen molar-refractivity contribution in [3.8, 4) is 0 Å². The van der Waals surface area contributed by atoms with Gasteiger partial charge in [0.1, 0.15) is 0 Å². The van der Waals surface area contributed by atoms with E-state index in [-0.39, 0.29) is 0 Å². The minimum atomic E-state index is -1.35. The Morgan fingerprint density at radius 3 is 1.27 bits per heavy atom. The van der Waals surface area contributed by atoms with Crippen LogP contribution in [0.3, 0.4) is 0 Å². The van der Waals surface area contributed by atoms with Crippen molar-refractivity contribution < 1.29 is 9.90 Å². The molecule has 2 nitrogen and oxygen atoms in total. The van der Waals surface area contributed by atoms with E-state index in [1.54, 1.807) is 0 Å². The summed E-state index contributed by atoms with van der Waals surface area (Å²) in [7, 11) is -1.35. The lowest BCUT2D eigenvalue weighted by molar-refractivity contribution is -0.137. The number of carboxylic acid groups (broad SMARTS) is 1. The normalized spacial score (nSPS) is 11.2. The molecule has 0 saturated carbocycles. The molecule has 0 unspecified atom stereocenters. The number of halogens is 2. The van der Waals surface area contributed by atoms with Gasteiger partial charge in [-0.25, -0.2) is 0 Å². The summed E-state index contributed by atoms with van der Waals surface area (Å²) < 4.78 is 0. The monoisotopic (exact) mass is 368 g/mol. The van der Waals surface area contributed by atoms with Gasteiger partial charge in [-0.1, -0.05) is 83.5 Å². The average molecular weight is 369 g/mol. The summed E-state index contributed by atoms with van der Waals surface area (Å²) in [5.41, 5.74) is 0. The van der Waals surface area contributed by atoms with Crippen LogP contribution in [0.2, 0.25) is 6.04 Å². The lowest BCUT2D eigenvalue weighted by atomic mass is 10.0. The molecule has 0 amide bonds. The highest BCUT2D eigenvalue weighted by Gasteiger charge is 2.00. The van der Waals surface area contributed by atoms with E-state index < -0.39 is 13.4 Å². The summed E-state index contributed by atoms with van der Waals surface area (Å²) in [6, 6.07) is 1.07. The standard InChI is InChI=1S/C17H34Cl2O2Si/c18-22(19)16-14-12-10-8-6-4-2-1-3-5-7-9-11-13-15-17(20)21/h22H,1-16H2,(H,20,21). The van der Waals surface area contributed by atoms with Gasteiger partial charge < -0.3 is 5.11 Å². The summed E-state index contributed by atoms with van der Waals surface area (Å²) in [4.78, 5) is 10.4. The zero-order valence-corrected chi connectivity index (χ0v) is 16.7. The average Bonchev–Trinajstić information content (AvgIpc) is 2.46. The molecule has 0 bridgehead atoms. The van der Waals surface area contributed by atoms with Crippen molar-refractivity contribution in [2.75, 3.05) is 0 Å². The fourth-order valence-corrected chi connectivity index (χ4v) is 4.22. The Morgan fingerprint density at radius 1 is 0.636 bits per heavy atom. The first kappa shape index (κ1) is 22.3. The Morgan fingerprint density at radius 2 is 0.955 bits per heavy atom. The molecule has 0 radical (unpaired) electrons. The van der Waals surface area contributed by atoms with Crippen LogP contribution in [0.1, 0.15) is 96.3 Å². The number of carboxylic acids is 1. The second kappa shape index (κ2) is 17.6. The molecule has 0 aromatic heterocycles. The fraction of sp³-hybridized carbons (Fsp3) is 0.941. The molecule has 0 aliphatic heterocycles. The molecule has 132 valence electrons. The summed E-state index contributed by atoms with van der Waals surface area (Å²) in [5, 5.41) is 8.53. The van der Waals surface area contributed by atoms with Crippen LogP contribution < -0.4 is 0 Å². The number of carbonyl (C=O) groups is 1. The second-order valence-electron chi connectivity index (χ2n) is 6.27. The van der Waals surface area contributed by atoms with E-state index in [0.717, 1.165) is 18.9 Å². The van der Waals surface area contributed by atoms with E-state index in [1.807, 2.05) is 0 Å². The van der Waals surface area contributed by atoms with E-state index in [0.29, 0.717) is 6.42 Å². The van der Waals surface area contributed by atoms with Crippen molar-refractivity contribution >= 4 is 35.5 Å². The fourth-order valence-electron chi connectivity index (χ4n) is 2.70. The quantitative estimate of drug-likeness (QED) is 0.178. The third-order valence-corrected chi connectivity index (χ3v) is 6.22. The number of hydrogen-bond acceptors (Lipinski definition) is 1. The van der Waals surface area contributed by atoms with Crippen LogP contribution in [0.4, 0.5) is 0 Å². The Labute approximate surface area is 148 Å². The molecule has 0 saturated heterocycles. The molecule has 0 rings (SSSR count). The lowest BCUT2D eigenvalue weighted by Gasteiger charge is -2.03. The maximum absolute atomic E-state index is 10.4. The van der Waals surface area contributed by atoms with Crippen LogP contribution in [0.25, 0.3) is 0 Å². The highest BCUT2D eigenvalue weighted by Crippen LogP contribution is 2.15. The van der Waals surface area contributed by atoms with Gasteiger partial charge in [-0.05, 0) is 12.5 Å². The van der Waals surface area contributed by atoms with Gasteiger partial charge >= 0.3 is 5.97 Å². The van der Waals surface area contributed by atoms with Gasteiger partial charge in [0, 0.05) is 6.42 Å². The predicted octanol–water partition coefficient (Wildman–Crippen LogP) is 6.62. The molecule has 0 aromatic rings. The summed E-state index contributed by atoms with van der Waals surface area (Å²) >= 11 is 11.7. The molecule has 0 atom stereocenters. The molecule has 0 spiro atoms. The first-order chi connectivity index (χ1) is 10.6. The van der Waals surface area contributed by atoms with Crippen molar-refractivity contribution in [2.45, 2.75) is 102 Å². The van der Waals surface area contributed by atoms with E-state index in [4.69, 9.17) is 27.3 Å². The number of rotatable bonds is 17. The molecule has 0 aliphatic rings. The molecule has 1 N–H and O–H groups in total. The smallest absolute Gasteiger partial charge is 0.303 e. The summed E-state index contributed by atoms with van der Waals surface area (Å²) in [6.45, 7) is 0. The first-order valence-electron chi connectivity index (χ1n) is 9.13. The van der Waals surface area contributed by atoms with Gasteiger partial charge in [-0.3, -0.25) is 4.79 Å². The van der Waals surface area contributed by atoms with Crippen molar-refractivity contribution in [3.05, 3.63) is 0 Å². The van der Waals surface area contributed by atoms with Crippen LogP contribution in [0.15, 0.2) is 0 Å². The maximum atomic E-state index is 10.4. The molecule has 0 aliphatic carbocycles. The molecular formula is C17H34Cl2O2Si. The molecule has 0 aromatic carbocycles. The molecule has 22 heavy (non-hydrogen) atoms. The van der Waals surface area contributed by atoms with Gasteiger partial charge in [0.2, 0.25) is 7.42 Å². The third kappa shape index (κ3) is 20.3. The topological polar surface area (TPSA) is 37.3 Å². The van der Waals surface area contributed by atoms with Gasteiger partial charge in [0.25, 0.3) is 0 Å². The Bertz CT molecular complexity index is 251. The molecule has 0 fully saturated rings. The largest absolute Gasteiger partial charge is 0.481 e. The van der Waals surface area contributed by atoms with Crippen LogP contribution in [0, 0.1) is 0 Å². The minimum absolute atomic E-state index is 0.334. The molecule has 5 heteroatoms. The highest BCUT2D eigenvalue weighted by molar-refractivity contribution is 7.33. The van der Waals surface area contributed by atoms with E-state index in [1.165, 1.54) is 77.0 Å². The van der Waals surface area contributed by atoms with Gasteiger partial charge in [0.05, 0.1) is 0 Å². The number of aliphatic carboxylic acids is 1. The van der Waals surface area contributed by atoms with Crippen molar-refractivity contribution in [3.63, 3.8) is 0 Å². The van der Waals surface area contributed by atoms with Gasteiger partial charge in [-0.15, -0.1) is 0 Å². The zero-order chi connectivity index (χ0) is 16.5. The van der Waals surface area contributed by atoms with Gasteiger partial charge in [0.15, 0.2) is 0 Å². The van der Waals surface area contributed by atoms with Crippen molar-refractivity contribution in [1.82, 2.24) is 0 Å². The number of hydrogen-bond donors (Lipinski definition) is 1. The van der Waals surface area contributed by atoms with Crippen LogP contribution in [0.5, 0.6) is 0 Å². The van der Waals surface area contributed by atoms with Crippen molar-refractivity contribution in [2.24, 2.45) is 0 Å². The van der Waals surface area contributed by atoms with Gasteiger partial charge in [-0.2, -0.15) is 22.2 Å². The second-order valence-corrected chi connectivity index (χ2v) is 11.5. The van der Waals surface area contributed by atoms with E-state index in [9.17, 15) is 4.79 Å². The molecular weight excluding hydrogens is 335 g/mol. The summed E-state index contributed by atoms with van der Waals surface area (Å²) in [6.07, 6.45) is 18.1. The number of unbranched alkanes of at least 4 members (excludes halogenated alkanes) is 13. The zero-order valence-electron chi connectivity index (χ0n) is 14.0. The lowest BCUT2D eigenvalue weighted by Crippen LogP contribution is -1.93. The minimum Gasteiger partial charge on any atom is -0.481 e. The highest BCUT2D eigenvalue weighted by atomic mass is 35.7.